The van der Waals surface area contributed by atoms with Crippen LogP contribution < -0.4 is 21.3 Å². The third-order valence-electron chi connectivity index (χ3n) is 7.36. The second-order valence-electron chi connectivity index (χ2n) is 10.9. The maximum Gasteiger partial charge on any atom is 0.251 e. The molecule has 4 aromatic rings. The van der Waals surface area contributed by atoms with E-state index in [0.29, 0.717) is 31.5 Å². The van der Waals surface area contributed by atoms with Crippen LogP contribution in [0.2, 0.25) is 0 Å². The lowest BCUT2D eigenvalue weighted by Gasteiger charge is -2.28. The van der Waals surface area contributed by atoms with Gasteiger partial charge < -0.3 is 26.3 Å². The van der Waals surface area contributed by atoms with Crippen LogP contribution in [-0.4, -0.2) is 40.8 Å². The van der Waals surface area contributed by atoms with Gasteiger partial charge in [-0.15, -0.1) is 0 Å². The number of benzene rings is 3. The normalized spacial score (nSPS) is 15.4. The van der Waals surface area contributed by atoms with E-state index < -0.39 is 11.6 Å². The van der Waals surface area contributed by atoms with Crippen LogP contribution in [-0.2, 0) is 22.6 Å². The molecule has 9 heteroatoms. The molecule has 1 aliphatic rings. The van der Waals surface area contributed by atoms with Crippen LogP contribution in [0.3, 0.4) is 0 Å². The third kappa shape index (κ3) is 5.78. The number of halogens is 1. The predicted octanol–water partition coefficient (Wildman–Crippen LogP) is 5.05. The summed E-state index contributed by atoms with van der Waals surface area (Å²) in [6.07, 6.45) is 1.15. The Bertz CT molecular complexity index is 1640. The van der Waals surface area contributed by atoms with E-state index in [1.807, 2.05) is 73.7 Å². The highest BCUT2D eigenvalue weighted by Crippen LogP contribution is 2.37. The van der Waals surface area contributed by atoms with Crippen molar-refractivity contribution in [3.05, 3.63) is 87.9 Å². The zero-order chi connectivity index (χ0) is 29.3. The molecule has 0 bridgehead atoms. The number of para-hydroxylation sites is 1. The summed E-state index contributed by atoms with van der Waals surface area (Å²) < 4.78 is 0.837. The zero-order valence-corrected chi connectivity index (χ0v) is 25.0. The Morgan fingerprint density at radius 2 is 1.83 bits per heavy atom. The Balaban J connectivity index is 1.50. The fourth-order valence-corrected chi connectivity index (χ4v) is 5.83. The van der Waals surface area contributed by atoms with Crippen LogP contribution in [0.15, 0.2) is 71.2 Å². The Hall–Kier alpha value is -3.95. The quantitative estimate of drug-likeness (QED) is 0.232. The van der Waals surface area contributed by atoms with E-state index in [0.717, 1.165) is 43.4 Å². The molecular weight excluding hydrogens is 582 g/mol. The molecule has 5 N–H and O–H groups in total. The Morgan fingerprint density at radius 1 is 1.10 bits per heavy atom. The van der Waals surface area contributed by atoms with Crippen LogP contribution in [0.1, 0.15) is 48.7 Å². The molecule has 1 aliphatic heterocycles. The standard InChI is InChI=1S/C32H34BrN5O3/c1-4-35-29(39)22-11-7-6-10-21(22)28-27(33)23-17-19(13-15-24(23)36-28)18-38-26-12-8-5-9-20(26)14-16-25(30(38)40)37-31(41)32(2,3)34/h5-13,15,17,25,36H,4,14,16,18,34H2,1-3H3,(H,35,39)(H,37,41)/t25-/m1/s1. The van der Waals surface area contributed by atoms with Gasteiger partial charge in [0, 0.05) is 34.3 Å². The molecule has 1 atom stereocenters. The maximum atomic E-state index is 13.9. The van der Waals surface area contributed by atoms with Gasteiger partial charge in [0.2, 0.25) is 11.8 Å². The molecule has 3 amide bonds. The van der Waals surface area contributed by atoms with Gasteiger partial charge in [0.1, 0.15) is 6.04 Å². The van der Waals surface area contributed by atoms with Crippen molar-refractivity contribution >= 4 is 50.2 Å². The summed E-state index contributed by atoms with van der Waals surface area (Å²) in [5.74, 6) is -0.662. The largest absolute Gasteiger partial charge is 0.354 e. The van der Waals surface area contributed by atoms with Crippen LogP contribution >= 0.6 is 15.9 Å². The summed E-state index contributed by atoms with van der Waals surface area (Å²) in [6, 6.07) is 20.7. The van der Waals surface area contributed by atoms with Crippen LogP contribution in [0, 0.1) is 0 Å². The van der Waals surface area contributed by atoms with E-state index in [1.54, 1.807) is 18.7 Å². The molecule has 0 saturated carbocycles. The van der Waals surface area contributed by atoms with Crippen LogP contribution in [0.25, 0.3) is 22.2 Å². The SMILES string of the molecule is CCNC(=O)c1ccccc1-c1[nH]c2ccc(CN3C(=O)[C@H](NC(=O)C(C)(C)N)CCc4ccccc43)cc2c1Br. The molecule has 2 heterocycles. The first-order chi connectivity index (χ1) is 19.6. The number of anilines is 1. The van der Waals surface area contributed by atoms with Gasteiger partial charge in [0.05, 0.1) is 22.3 Å². The van der Waals surface area contributed by atoms with Crippen molar-refractivity contribution in [3.8, 4) is 11.3 Å². The topological polar surface area (TPSA) is 120 Å². The molecule has 0 spiro atoms. The number of fused-ring (bicyclic) bond motifs is 2. The van der Waals surface area contributed by atoms with E-state index in [4.69, 9.17) is 5.73 Å². The highest BCUT2D eigenvalue weighted by atomic mass is 79.9. The maximum absolute atomic E-state index is 13.9. The minimum absolute atomic E-state index is 0.132. The monoisotopic (exact) mass is 615 g/mol. The fraction of sp³-hybridized carbons (Fsp3) is 0.281. The molecule has 5 rings (SSSR count). The molecular formula is C32H34BrN5O3. The summed E-state index contributed by atoms with van der Waals surface area (Å²) in [6.45, 7) is 6.01. The number of nitrogens with zero attached hydrogens (tertiary/aromatic N) is 1. The molecule has 41 heavy (non-hydrogen) atoms. The number of hydrogen-bond donors (Lipinski definition) is 4. The first kappa shape index (κ1) is 28.6. The summed E-state index contributed by atoms with van der Waals surface area (Å²) >= 11 is 3.77. The minimum atomic E-state index is -1.09. The van der Waals surface area contributed by atoms with Crippen LogP contribution in [0.4, 0.5) is 5.69 Å². The van der Waals surface area contributed by atoms with Crippen molar-refractivity contribution in [1.82, 2.24) is 15.6 Å². The molecule has 8 nitrogen and oxygen atoms in total. The van der Waals surface area contributed by atoms with Crippen molar-refractivity contribution in [1.29, 1.82) is 0 Å². The highest BCUT2D eigenvalue weighted by molar-refractivity contribution is 9.10. The second kappa shape index (κ2) is 11.5. The number of nitrogens with two attached hydrogens (primary N) is 1. The molecule has 3 aromatic carbocycles. The fourth-order valence-electron chi connectivity index (χ4n) is 5.18. The number of carbonyl (C=O) groups is 3. The number of carbonyl (C=O) groups excluding carboxylic acids is 3. The lowest BCUT2D eigenvalue weighted by molar-refractivity contribution is -0.130. The molecule has 0 aliphatic carbocycles. The van der Waals surface area contributed by atoms with Crippen molar-refractivity contribution < 1.29 is 14.4 Å². The molecule has 0 radical (unpaired) electrons. The average Bonchev–Trinajstić information content (AvgIpc) is 3.22. The van der Waals surface area contributed by atoms with E-state index in [1.165, 1.54) is 0 Å². The molecule has 0 fully saturated rings. The molecule has 212 valence electrons. The average molecular weight is 617 g/mol. The number of H-pyrrole nitrogens is 1. The third-order valence-corrected chi connectivity index (χ3v) is 8.18. The first-order valence-electron chi connectivity index (χ1n) is 13.7. The summed E-state index contributed by atoms with van der Waals surface area (Å²) in [5, 5.41) is 6.70. The van der Waals surface area contributed by atoms with Gasteiger partial charge in [-0.05, 0) is 84.9 Å². The van der Waals surface area contributed by atoms with Gasteiger partial charge in [-0.1, -0.05) is 42.5 Å². The second-order valence-corrected chi connectivity index (χ2v) is 11.7. The molecule has 1 aromatic heterocycles. The summed E-state index contributed by atoms with van der Waals surface area (Å²) in [7, 11) is 0. The van der Waals surface area contributed by atoms with E-state index in [-0.39, 0.29) is 17.7 Å². The van der Waals surface area contributed by atoms with E-state index in [9.17, 15) is 14.4 Å². The van der Waals surface area contributed by atoms with Gasteiger partial charge >= 0.3 is 0 Å². The lowest BCUT2D eigenvalue weighted by atomic mass is 10.0. The number of rotatable bonds is 7. The van der Waals surface area contributed by atoms with E-state index in [2.05, 4.69) is 31.5 Å². The zero-order valence-electron chi connectivity index (χ0n) is 23.4. The number of nitrogens with one attached hydrogen (secondary N) is 3. The van der Waals surface area contributed by atoms with Crippen molar-refractivity contribution in [2.45, 2.75) is 51.7 Å². The lowest BCUT2D eigenvalue weighted by Crippen LogP contribution is -2.56. The van der Waals surface area contributed by atoms with Gasteiger partial charge in [-0.3, -0.25) is 14.4 Å². The Labute approximate surface area is 247 Å². The van der Waals surface area contributed by atoms with Gasteiger partial charge in [0.25, 0.3) is 5.91 Å². The predicted molar refractivity (Wildman–Crippen MR) is 166 cm³/mol. The number of hydrogen-bond acceptors (Lipinski definition) is 4. The highest BCUT2D eigenvalue weighted by Gasteiger charge is 2.34. The number of aryl methyl sites for hydroxylation is 1. The summed E-state index contributed by atoms with van der Waals surface area (Å²) in [5.41, 5.74) is 10.8. The van der Waals surface area contributed by atoms with Gasteiger partial charge in [-0.2, -0.15) is 0 Å². The van der Waals surface area contributed by atoms with Gasteiger partial charge in [0.15, 0.2) is 0 Å². The Morgan fingerprint density at radius 3 is 2.59 bits per heavy atom. The van der Waals surface area contributed by atoms with Crippen molar-refractivity contribution in [3.63, 3.8) is 0 Å². The first-order valence-corrected chi connectivity index (χ1v) is 14.5. The molecule has 0 unspecified atom stereocenters. The van der Waals surface area contributed by atoms with Crippen LogP contribution in [0.5, 0.6) is 0 Å². The number of aromatic amines is 1. The number of aromatic nitrogens is 1. The van der Waals surface area contributed by atoms with E-state index >= 15 is 0 Å². The Kier molecular flexibility index (Phi) is 8.02. The number of amides is 3. The minimum Gasteiger partial charge on any atom is -0.354 e. The van der Waals surface area contributed by atoms with Gasteiger partial charge in [-0.25, -0.2) is 0 Å². The van der Waals surface area contributed by atoms with Crippen molar-refractivity contribution in [2.24, 2.45) is 5.73 Å². The molecule has 0 saturated heterocycles. The smallest absolute Gasteiger partial charge is 0.251 e. The summed E-state index contributed by atoms with van der Waals surface area (Å²) in [4.78, 5) is 44.5. The van der Waals surface area contributed by atoms with Crippen molar-refractivity contribution in [2.75, 3.05) is 11.4 Å².